The highest BCUT2D eigenvalue weighted by atomic mass is 19.4. The zero-order valence-electron chi connectivity index (χ0n) is 18.1. The van der Waals surface area contributed by atoms with Gasteiger partial charge in [-0.2, -0.15) is 23.5 Å². The lowest BCUT2D eigenvalue weighted by molar-refractivity contribution is -0.206. The van der Waals surface area contributed by atoms with Gasteiger partial charge in [-0.15, -0.1) is 0 Å². The largest absolute Gasteiger partial charge is 0.492 e. The number of anilines is 1. The molecule has 12 heteroatoms. The summed E-state index contributed by atoms with van der Waals surface area (Å²) in [5, 5.41) is 13.7. The van der Waals surface area contributed by atoms with E-state index in [1.165, 1.54) is 6.20 Å². The summed E-state index contributed by atoms with van der Waals surface area (Å²) in [4.78, 5) is 17.4. The first-order valence-electron chi connectivity index (χ1n) is 10.5. The summed E-state index contributed by atoms with van der Waals surface area (Å²) in [6.45, 7) is 2.82. The maximum Gasteiger partial charge on any atom is 0.490 e. The van der Waals surface area contributed by atoms with Gasteiger partial charge in [-0.3, -0.25) is 0 Å². The molecule has 4 heterocycles. The smallest absolute Gasteiger partial charge is 0.490 e. The molecule has 1 aliphatic rings. The highest BCUT2D eigenvalue weighted by molar-refractivity contribution is 5.85. The predicted octanol–water partition coefficient (Wildman–Crippen LogP) is 2.68. The van der Waals surface area contributed by atoms with Gasteiger partial charge in [0.25, 0.3) is 0 Å². The molecule has 0 spiro atoms. The molecule has 0 aromatic carbocycles. The van der Waals surface area contributed by atoms with Crippen molar-refractivity contribution in [1.29, 1.82) is 5.26 Å². The van der Waals surface area contributed by atoms with Crippen molar-refractivity contribution in [3.63, 3.8) is 0 Å². The van der Waals surface area contributed by atoms with Crippen molar-refractivity contribution in [2.75, 3.05) is 24.6 Å². The molecule has 3 aromatic heterocycles. The Morgan fingerprint density at radius 1 is 1.35 bits per heavy atom. The monoisotopic (exact) mass is 474 g/mol. The number of hydrogen-bond acceptors (Lipinski definition) is 8. The van der Waals surface area contributed by atoms with Gasteiger partial charge in [-0.05, 0) is 25.1 Å². The first-order valence-corrected chi connectivity index (χ1v) is 10.5. The Hall–Kier alpha value is -3.85. The number of ether oxygens (including phenoxy) is 2. The maximum absolute atomic E-state index is 12.5. The number of rotatable bonds is 5. The van der Waals surface area contributed by atoms with Crippen LogP contribution in [0.1, 0.15) is 18.9 Å². The SMILES string of the molecule is CCOc1cc(-c2ccc(N3CC[C@@H](OC(=O)C(F)(F)F)[C@H](N)C3)nc2)c2c(C#N)cnn2c1. The molecule has 34 heavy (non-hydrogen) atoms. The maximum atomic E-state index is 12.5. The van der Waals surface area contributed by atoms with Gasteiger partial charge >= 0.3 is 12.1 Å². The molecule has 0 bridgehead atoms. The lowest BCUT2D eigenvalue weighted by Gasteiger charge is -2.36. The molecule has 0 unspecified atom stereocenters. The highest BCUT2D eigenvalue weighted by Crippen LogP contribution is 2.32. The van der Waals surface area contributed by atoms with E-state index in [0.29, 0.717) is 41.4 Å². The second-order valence-electron chi connectivity index (χ2n) is 7.73. The number of carbonyl (C=O) groups is 1. The van der Waals surface area contributed by atoms with E-state index in [0.717, 1.165) is 5.56 Å². The van der Waals surface area contributed by atoms with Crippen LogP contribution in [0, 0.1) is 11.3 Å². The number of nitrogens with zero attached hydrogens (tertiary/aromatic N) is 5. The van der Waals surface area contributed by atoms with Gasteiger partial charge in [0.15, 0.2) is 0 Å². The van der Waals surface area contributed by atoms with Crippen molar-refractivity contribution in [1.82, 2.24) is 14.6 Å². The molecule has 2 atom stereocenters. The van der Waals surface area contributed by atoms with Crippen LogP contribution in [0.3, 0.4) is 0 Å². The number of hydrogen-bond donors (Lipinski definition) is 1. The highest BCUT2D eigenvalue weighted by Gasteiger charge is 2.43. The fraction of sp³-hybridized carbons (Fsp3) is 0.364. The van der Waals surface area contributed by atoms with Crippen LogP contribution in [0.2, 0.25) is 0 Å². The van der Waals surface area contributed by atoms with Crippen molar-refractivity contribution < 1.29 is 27.4 Å². The number of fused-ring (bicyclic) bond motifs is 1. The third-order valence-corrected chi connectivity index (χ3v) is 5.48. The third-order valence-electron chi connectivity index (χ3n) is 5.48. The summed E-state index contributed by atoms with van der Waals surface area (Å²) in [5.41, 5.74) is 8.45. The summed E-state index contributed by atoms with van der Waals surface area (Å²) in [5.74, 6) is -1.07. The number of esters is 1. The average Bonchev–Trinajstić information content (AvgIpc) is 3.22. The van der Waals surface area contributed by atoms with Crippen molar-refractivity contribution in [2.24, 2.45) is 5.73 Å². The van der Waals surface area contributed by atoms with Gasteiger partial charge in [0.05, 0.1) is 36.1 Å². The second kappa shape index (κ2) is 9.18. The predicted molar refractivity (Wildman–Crippen MR) is 115 cm³/mol. The summed E-state index contributed by atoms with van der Waals surface area (Å²) < 4.78 is 49.2. The first-order chi connectivity index (χ1) is 16.2. The number of halogens is 3. The molecule has 178 valence electrons. The summed E-state index contributed by atoms with van der Waals surface area (Å²) >= 11 is 0. The minimum atomic E-state index is -5.06. The molecule has 2 N–H and O–H groups in total. The summed E-state index contributed by atoms with van der Waals surface area (Å²) in [6.07, 6.45) is -1.12. The number of nitriles is 1. The molecule has 4 rings (SSSR count). The van der Waals surface area contributed by atoms with Crippen molar-refractivity contribution in [2.45, 2.75) is 31.7 Å². The van der Waals surface area contributed by atoms with Crippen LogP contribution in [0.4, 0.5) is 19.0 Å². The molecule has 1 fully saturated rings. The molecule has 9 nitrogen and oxygen atoms in total. The topological polar surface area (TPSA) is 119 Å². The number of pyridine rings is 2. The minimum Gasteiger partial charge on any atom is -0.492 e. The molecule has 0 saturated carbocycles. The third kappa shape index (κ3) is 4.60. The van der Waals surface area contributed by atoms with Gasteiger partial charge in [-0.25, -0.2) is 14.3 Å². The molecule has 0 aliphatic carbocycles. The summed E-state index contributed by atoms with van der Waals surface area (Å²) in [6, 6.07) is 6.73. The van der Waals surface area contributed by atoms with E-state index in [2.05, 4.69) is 20.9 Å². The Morgan fingerprint density at radius 2 is 2.15 bits per heavy atom. The zero-order chi connectivity index (χ0) is 24.5. The van der Waals surface area contributed by atoms with Gasteiger partial charge in [0.1, 0.15) is 23.7 Å². The van der Waals surface area contributed by atoms with Crippen LogP contribution in [0.25, 0.3) is 16.6 Å². The van der Waals surface area contributed by atoms with E-state index >= 15 is 0 Å². The van der Waals surface area contributed by atoms with Gasteiger partial charge in [0, 0.05) is 36.8 Å². The first kappa shape index (κ1) is 23.3. The Kier molecular flexibility index (Phi) is 6.30. The second-order valence-corrected chi connectivity index (χ2v) is 7.73. The van der Waals surface area contributed by atoms with E-state index < -0.39 is 24.3 Å². The Bertz CT molecular complexity index is 1240. The van der Waals surface area contributed by atoms with Gasteiger partial charge < -0.3 is 20.1 Å². The van der Waals surface area contributed by atoms with Crippen LogP contribution >= 0.6 is 0 Å². The average molecular weight is 474 g/mol. The van der Waals surface area contributed by atoms with E-state index in [9.17, 15) is 23.2 Å². The Balaban J connectivity index is 1.55. The Morgan fingerprint density at radius 3 is 2.76 bits per heavy atom. The number of aromatic nitrogens is 3. The van der Waals surface area contributed by atoms with Crippen LogP contribution in [0.15, 0.2) is 36.8 Å². The van der Waals surface area contributed by atoms with Crippen molar-refractivity contribution in [3.05, 3.63) is 42.4 Å². The molecule has 0 amide bonds. The van der Waals surface area contributed by atoms with E-state index in [1.807, 2.05) is 24.0 Å². The lowest BCUT2D eigenvalue weighted by Crippen LogP contribution is -2.54. The molecule has 1 saturated heterocycles. The minimum absolute atomic E-state index is 0.144. The molecular weight excluding hydrogens is 453 g/mol. The lowest BCUT2D eigenvalue weighted by atomic mass is 10.0. The molecule has 0 radical (unpaired) electrons. The van der Waals surface area contributed by atoms with Crippen molar-refractivity contribution in [3.8, 4) is 22.9 Å². The molecule has 1 aliphatic heterocycles. The quantitative estimate of drug-likeness (QED) is 0.561. The van der Waals surface area contributed by atoms with E-state index in [-0.39, 0.29) is 13.0 Å². The Labute approximate surface area is 192 Å². The zero-order valence-corrected chi connectivity index (χ0v) is 18.1. The normalized spacial score (nSPS) is 18.5. The summed E-state index contributed by atoms with van der Waals surface area (Å²) in [7, 11) is 0. The number of piperidine rings is 1. The fourth-order valence-electron chi connectivity index (χ4n) is 3.90. The van der Waals surface area contributed by atoms with Crippen LogP contribution in [-0.2, 0) is 9.53 Å². The number of alkyl halides is 3. The number of nitrogens with two attached hydrogens (primary N) is 1. The molecular formula is C22H21F3N6O3. The van der Waals surface area contributed by atoms with E-state index in [4.69, 9.17) is 10.5 Å². The number of carbonyl (C=O) groups excluding carboxylic acids is 1. The van der Waals surface area contributed by atoms with Crippen molar-refractivity contribution >= 4 is 17.3 Å². The van der Waals surface area contributed by atoms with Gasteiger partial charge in [-0.1, -0.05) is 0 Å². The van der Waals surface area contributed by atoms with Crippen LogP contribution in [0.5, 0.6) is 5.75 Å². The fourth-order valence-corrected chi connectivity index (χ4v) is 3.90. The van der Waals surface area contributed by atoms with Crippen LogP contribution in [-0.4, -0.2) is 58.6 Å². The van der Waals surface area contributed by atoms with Gasteiger partial charge in [0.2, 0.25) is 0 Å². The standard InChI is InChI=1S/C22H21F3N6O3/c1-2-33-15-7-16(20-14(8-26)10-29-31(20)11-15)13-3-4-19(28-9-13)30-6-5-18(17(27)12-30)34-21(32)22(23,24)25/h3-4,7,9-11,17-18H,2,5-6,12,27H2,1H3/t17-,18-/m1/s1. The van der Waals surface area contributed by atoms with E-state index in [1.54, 1.807) is 23.0 Å². The molecule has 3 aromatic rings. The van der Waals surface area contributed by atoms with Crippen LogP contribution < -0.4 is 15.4 Å².